The molecule has 0 saturated carbocycles. The Kier molecular flexibility index (Phi) is 5.24. The van der Waals surface area contributed by atoms with Crippen LogP contribution in [0.2, 0.25) is 0 Å². The van der Waals surface area contributed by atoms with Crippen molar-refractivity contribution in [2.24, 2.45) is 4.99 Å². The van der Waals surface area contributed by atoms with Crippen molar-refractivity contribution in [3.63, 3.8) is 0 Å². The highest BCUT2D eigenvalue weighted by Gasteiger charge is 2.14. The Morgan fingerprint density at radius 1 is 1.46 bits per heavy atom. The van der Waals surface area contributed by atoms with Gasteiger partial charge in [0.15, 0.2) is 10.5 Å². The summed E-state index contributed by atoms with van der Waals surface area (Å²) in [5.74, 6) is -0.0206. The van der Waals surface area contributed by atoms with E-state index in [1.807, 2.05) is 11.5 Å². The molecule has 0 bridgehead atoms. The first-order valence-electron chi connectivity index (χ1n) is 7.87. The number of nitrogens with zero attached hydrogens (tertiary/aromatic N) is 4. The summed E-state index contributed by atoms with van der Waals surface area (Å²) >= 11 is 1.20. The molecule has 2 heterocycles. The van der Waals surface area contributed by atoms with Gasteiger partial charge in [-0.1, -0.05) is 16.5 Å². The normalized spacial score (nSPS) is 12.0. The molecule has 0 spiro atoms. The maximum atomic E-state index is 12.3. The number of carbonyl (C=O) groups excluding carboxylic acids is 1. The van der Waals surface area contributed by atoms with E-state index in [2.05, 4.69) is 10.1 Å². The van der Waals surface area contributed by atoms with Crippen molar-refractivity contribution in [2.75, 3.05) is 13.2 Å². The predicted molar refractivity (Wildman–Crippen MR) is 94.1 cm³/mol. The Morgan fingerprint density at radius 3 is 2.92 bits per heavy atom. The van der Waals surface area contributed by atoms with E-state index in [-0.39, 0.29) is 11.4 Å². The van der Waals surface area contributed by atoms with Crippen molar-refractivity contribution in [1.82, 2.24) is 9.72 Å². The minimum absolute atomic E-state index is 0.0132. The number of aromatic nitrogens is 2. The van der Waals surface area contributed by atoms with E-state index in [1.165, 1.54) is 29.5 Å². The lowest BCUT2D eigenvalue weighted by molar-refractivity contribution is -0.384. The Hall–Kier alpha value is -2.85. The summed E-state index contributed by atoms with van der Waals surface area (Å²) < 4.78 is 12.8. The van der Waals surface area contributed by atoms with Crippen LogP contribution in [0.4, 0.5) is 5.69 Å². The molecule has 0 aliphatic carbocycles. The first-order chi connectivity index (χ1) is 12.5. The van der Waals surface area contributed by atoms with E-state index in [0.29, 0.717) is 35.0 Å². The van der Waals surface area contributed by atoms with Crippen LogP contribution < -0.4 is 4.80 Å². The third kappa shape index (κ3) is 3.70. The molecule has 2 aromatic heterocycles. The fourth-order valence-electron chi connectivity index (χ4n) is 2.39. The van der Waals surface area contributed by atoms with Crippen LogP contribution in [0, 0.1) is 17.0 Å². The van der Waals surface area contributed by atoms with Crippen molar-refractivity contribution in [3.8, 4) is 0 Å². The topological polar surface area (TPSA) is 113 Å². The first-order valence-corrected chi connectivity index (χ1v) is 8.69. The van der Waals surface area contributed by atoms with E-state index in [1.54, 1.807) is 13.0 Å². The number of nitro groups is 1. The summed E-state index contributed by atoms with van der Waals surface area (Å²) in [7, 11) is 0. The van der Waals surface area contributed by atoms with Crippen molar-refractivity contribution in [3.05, 3.63) is 50.6 Å². The lowest BCUT2D eigenvalue weighted by Crippen LogP contribution is -2.19. The summed E-state index contributed by atoms with van der Waals surface area (Å²) in [6.07, 6.45) is 0. The van der Waals surface area contributed by atoms with E-state index >= 15 is 0 Å². The van der Waals surface area contributed by atoms with Gasteiger partial charge in [0, 0.05) is 31.4 Å². The summed E-state index contributed by atoms with van der Waals surface area (Å²) in [4.78, 5) is 27.4. The number of hydrogen-bond donors (Lipinski definition) is 0. The quantitative estimate of drug-likeness (QED) is 0.371. The van der Waals surface area contributed by atoms with Crippen LogP contribution in [0.3, 0.4) is 0 Å². The Bertz CT molecular complexity index is 1030. The molecule has 0 N–H and O–H groups in total. The summed E-state index contributed by atoms with van der Waals surface area (Å²) in [6, 6.07) is 6.06. The smallest absolute Gasteiger partial charge is 0.301 e. The van der Waals surface area contributed by atoms with Gasteiger partial charge in [-0.25, -0.2) is 0 Å². The van der Waals surface area contributed by atoms with Crippen LogP contribution in [0.15, 0.2) is 33.8 Å². The van der Waals surface area contributed by atoms with Gasteiger partial charge in [0.05, 0.1) is 21.7 Å². The zero-order chi connectivity index (χ0) is 18.7. The van der Waals surface area contributed by atoms with Gasteiger partial charge >= 0.3 is 5.91 Å². The third-order valence-corrected chi connectivity index (χ3v) is 4.63. The second kappa shape index (κ2) is 7.58. The van der Waals surface area contributed by atoms with Gasteiger partial charge in [-0.3, -0.25) is 14.9 Å². The molecule has 0 aliphatic heterocycles. The van der Waals surface area contributed by atoms with Crippen LogP contribution in [0.25, 0.3) is 10.2 Å². The minimum Gasteiger partial charge on any atom is -0.380 e. The standard InChI is InChI=1S/C16H16N4O5S/c1-3-24-7-6-19-13-5-4-11(20(22)23)9-14(13)26-16(19)17-15(21)12-8-10(2)25-18-12/h4-5,8-9H,3,6-7H2,1-2H3. The number of fused-ring (bicyclic) bond motifs is 1. The van der Waals surface area contributed by atoms with Crippen molar-refractivity contribution in [1.29, 1.82) is 0 Å². The second-order valence-electron chi connectivity index (χ2n) is 5.38. The van der Waals surface area contributed by atoms with E-state index in [9.17, 15) is 14.9 Å². The molecule has 9 nitrogen and oxygen atoms in total. The second-order valence-corrected chi connectivity index (χ2v) is 6.39. The van der Waals surface area contributed by atoms with E-state index in [4.69, 9.17) is 9.26 Å². The maximum absolute atomic E-state index is 12.3. The molecule has 0 unspecified atom stereocenters. The van der Waals surface area contributed by atoms with Crippen LogP contribution in [-0.2, 0) is 11.3 Å². The Balaban J connectivity index is 2.09. The summed E-state index contributed by atoms with van der Waals surface area (Å²) in [5.41, 5.74) is 0.853. The van der Waals surface area contributed by atoms with Gasteiger partial charge in [0.25, 0.3) is 5.69 Å². The molecule has 26 heavy (non-hydrogen) atoms. The molecule has 0 aliphatic rings. The van der Waals surface area contributed by atoms with Gasteiger partial charge < -0.3 is 13.8 Å². The molecule has 3 rings (SSSR count). The molecule has 1 aromatic carbocycles. The number of nitro benzene ring substituents is 1. The van der Waals surface area contributed by atoms with Gasteiger partial charge in [-0.05, 0) is 19.9 Å². The third-order valence-electron chi connectivity index (χ3n) is 3.58. The minimum atomic E-state index is -0.534. The monoisotopic (exact) mass is 376 g/mol. The van der Waals surface area contributed by atoms with Crippen LogP contribution in [0.1, 0.15) is 23.2 Å². The Morgan fingerprint density at radius 2 is 2.27 bits per heavy atom. The van der Waals surface area contributed by atoms with Crippen molar-refractivity contribution in [2.45, 2.75) is 20.4 Å². The van der Waals surface area contributed by atoms with Gasteiger partial charge in [0.2, 0.25) is 0 Å². The van der Waals surface area contributed by atoms with E-state index < -0.39 is 10.8 Å². The van der Waals surface area contributed by atoms with Crippen LogP contribution >= 0.6 is 11.3 Å². The molecule has 0 atom stereocenters. The van der Waals surface area contributed by atoms with Gasteiger partial charge in [-0.2, -0.15) is 4.99 Å². The summed E-state index contributed by atoms with van der Waals surface area (Å²) in [5, 5.41) is 14.7. The zero-order valence-electron chi connectivity index (χ0n) is 14.2. The fourth-order valence-corrected chi connectivity index (χ4v) is 3.48. The largest absolute Gasteiger partial charge is 0.380 e. The molecule has 10 heteroatoms. The number of ether oxygens (including phenoxy) is 1. The molecule has 0 fully saturated rings. The predicted octanol–water partition coefficient (Wildman–Crippen LogP) is 2.69. The molecular formula is C16H16N4O5S. The van der Waals surface area contributed by atoms with Gasteiger partial charge in [-0.15, -0.1) is 0 Å². The SMILES string of the molecule is CCOCCn1c(=NC(=O)c2cc(C)on2)sc2cc([N+](=O)[O-])ccc21. The lowest BCUT2D eigenvalue weighted by Gasteiger charge is -2.05. The molecule has 3 aromatic rings. The van der Waals surface area contributed by atoms with Crippen LogP contribution in [-0.4, -0.2) is 33.8 Å². The highest BCUT2D eigenvalue weighted by Crippen LogP contribution is 2.23. The molecule has 136 valence electrons. The highest BCUT2D eigenvalue weighted by molar-refractivity contribution is 7.16. The zero-order valence-corrected chi connectivity index (χ0v) is 15.0. The molecule has 1 amide bonds. The average molecular weight is 376 g/mol. The number of hydrogen-bond acceptors (Lipinski definition) is 7. The maximum Gasteiger partial charge on any atom is 0.301 e. The first kappa shape index (κ1) is 18.0. The highest BCUT2D eigenvalue weighted by atomic mass is 32.1. The van der Waals surface area contributed by atoms with Crippen molar-refractivity contribution >= 4 is 33.1 Å². The average Bonchev–Trinajstić information content (AvgIpc) is 3.18. The number of aryl methyl sites for hydroxylation is 1. The Labute approximate surface area is 151 Å². The molecular weight excluding hydrogens is 360 g/mol. The number of non-ortho nitro benzene ring substituents is 1. The number of thiazole rings is 1. The van der Waals surface area contributed by atoms with Gasteiger partial charge in [0.1, 0.15) is 5.76 Å². The lowest BCUT2D eigenvalue weighted by atomic mass is 10.3. The van der Waals surface area contributed by atoms with E-state index in [0.717, 1.165) is 5.52 Å². The molecule has 0 radical (unpaired) electrons. The fraction of sp³-hybridized carbons (Fsp3) is 0.312. The number of carbonyl (C=O) groups is 1. The number of benzene rings is 1. The molecule has 0 saturated heterocycles. The van der Waals surface area contributed by atoms with Crippen LogP contribution in [0.5, 0.6) is 0 Å². The number of amides is 1. The number of rotatable bonds is 6. The van der Waals surface area contributed by atoms with Crippen molar-refractivity contribution < 1.29 is 19.0 Å². The summed E-state index contributed by atoms with van der Waals surface area (Å²) in [6.45, 7) is 5.04.